The quantitative estimate of drug-likeness (QED) is 0.488. The molecule has 0 saturated carbocycles. The largest absolute Gasteiger partial charge is 0.357 e. The standard InChI is InChI=1S/C19H21N7S2/c1-12-7-18(28-24-12)22-16-8-17(27-14-3-5-20-9-14)23-19-15(10-21-26(16)19)13-4-6-25(2)11-13/h4,6-8,10-11,14,20,22H,3,5,9H2,1-2H3. The lowest BCUT2D eigenvalue weighted by molar-refractivity contribution is 0.858. The zero-order chi connectivity index (χ0) is 19.1. The molecule has 5 rings (SSSR count). The number of nitrogens with zero attached hydrogens (tertiary/aromatic N) is 5. The molecule has 0 aliphatic carbocycles. The van der Waals surface area contributed by atoms with E-state index in [1.165, 1.54) is 18.0 Å². The average molecular weight is 412 g/mol. The van der Waals surface area contributed by atoms with Crippen molar-refractivity contribution < 1.29 is 0 Å². The summed E-state index contributed by atoms with van der Waals surface area (Å²) in [6.45, 7) is 4.10. The van der Waals surface area contributed by atoms with Crippen molar-refractivity contribution in [3.8, 4) is 11.1 Å². The van der Waals surface area contributed by atoms with Crippen LogP contribution in [0, 0.1) is 6.92 Å². The van der Waals surface area contributed by atoms with Gasteiger partial charge in [-0.25, -0.2) is 4.98 Å². The molecule has 2 N–H and O–H groups in total. The van der Waals surface area contributed by atoms with Crippen LogP contribution in [0.5, 0.6) is 0 Å². The van der Waals surface area contributed by atoms with E-state index in [4.69, 9.17) is 4.98 Å². The van der Waals surface area contributed by atoms with Crippen LogP contribution >= 0.6 is 23.3 Å². The zero-order valence-electron chi connectivity index (χ0n) is 15.7. The summed E-state index contributed by atoms with van der Waals surface area (Å²) in [7, 11) is 2.02. The number of hydrogen-bond donors (Lipinski definition) is 2. The van der Waals surface area contributed by atoms with Crippen molar-refractivity contribution >= 4 is 39.8 Å². The molecule has 0 bridgehead atoms. The third-order valence-electron chi connectivity index (χ3n) is 4.77. The highest BCUT2D eigenvalue weighted by atomic mass is 32.2. The molecule has 1 aliphatic heterocycles. The van der Waals surface area contributed by atoms with E-state index < -0.39 is 0 Å². The van der Waals surface area contributed by atoms with Gasteiger partial charge >= 0.3 is 0 Å². The molecule has 7 nitrogen and oxygen atoms in total. The van der Waals surface area contributed by atoms with Gasteiger partial charge in [-0.15, -0.1) is 11.8 Å². The lowest BCUT2D eigenvalue weighted by Gasteiger charge is -2.11. The van der Waals surface area contributed by atoms with Gasteiger partial charge in [-0.3, -0.25) is 0 Å². The van der Waals surface area contributed by atoms with Gasteiger partial charge in [-0.2, -0.15) is 14.0 Å². The fourth-order valence-electron chi connectivity index (χ4n) is 3.40. The summed E-state index contributed by atoms with van der Waals surface area (Å²) in [6.07, 6.45) is 7.20. The first-order chi connectivity index (χ1) is 13.7. The molecular weight excluding hydrogens is 390 g/mol. The van der Waals surface area contributed by atoms with E-state index in [-0.39, 0.29) is 0 Å². The van der Waals surface area contributed by atoms with E-state index in [1.807, 2.05) is 53.3 Å². The maximum Gasteiger partial charge on any atom is 0.166 e. The summed E-state index contributed by atoms with van der Waals surface area (Å²) in [6, 6.07) is 6.23. The summed E-state index contributed by atoms with van der Waals surface area (Å²) < 4.78 is 8.30. The Morgan fingerprint density at radius 2 is 2.29 bits per heavy atom. The monoisotopic (exact) mass is 411 g/mol. The van der Waals surface area contributed by atoms with Gasteiger partial charge in [0.2, 0.25) is 0 Å². The van der Waals surface area contributed by atoms with E-state index in [2.05, 4.69) is 38.4 Å². The Hall–Kier alpha value is -2.36. The van der Waals surface area contributed by atoms with Crippen LogP contribution in [0.4, 0.5) is 10.8 Å². The van der Waals surface area contributed by atoms with Gasteiger partial charge in [-0.05, 0) is 43.6 Å². The minimum atomic E-state index is 0.552. The van der Waals surface area contributed by atoms with Crippen molar-refractivity contribution in [2.24, 2.45) is 7.05 Å². The molecule has 0 radical (unpaired) electrons. The zero-order valence-corrected chi connectivity index (χ0v) is 17.3. The Balaban J connectivity index is 1.60. The number of thioether (sulfide) groups is 1. The van der Waals surface area contributed by atoms with Crippen LogP contribution in [-0.2, 0) is 7.05 Å². The Morgan fingerprint density at radius 3 is 3.00 bits per heavy atom. The lowest BCUT2D eigenvalue weighted by atomic mass is 10.2. The molecule has 144 valence electrons. The molecule has 1 saturated heterocycles. The smallest absolute Gasteiger partial charge is 0.166 e. The van der Waals surface area contributed by atoms with Gasteiger partial charge in [-0.1, -0.05) is 0 Å². The van der Waals surface area contributed by atoms with Gasteiger partial charge < -0.3 is 15.2 Å². The maximum atomic E-state index is 4.97. The first kappa shape index (κ1) is 17.7. The number of aryl methyl sites for hydroxylation is 2. The van der Waals surface area contributed by atoms with E-state index in [0.29, 0.717) is 5.25 Å². The first-order valence-electron chi connectivity index (χ1n) is 9.24. The highest BCUT2D eigenvalue weighted by Crippen LogP contribution is 2.33. The summed E-state index contributed by atoms with van der Waals surface area (Å²) >= 11 is 3.29. The van der Waals surface area contributed by atoms with Gasteiger partial charge in [0.05, 0.1) is 11.9 Å². The topological polar surface area (TPSA) is 72.1 Å². The third-order valence-corrected chi connectivity index (χ3v) is 6.76. The van der Waals surface area contributed by atoms with Crippen molar-refractivity contribution in [3.63, 3.8) is 0 Å². The molecule has 1 aliphatic rings. The van der Waals surface area contributed by atoms with Crippen molar-refractivity contribution in [2.45, 2.75) is 23.6 Å². The molecule has 1 atom stereocenters. The van der Waals surface area contributed by atoms with Gasteiger partial charge in [0.1, 0.15) is 15.8 Å². The second kappa shape index (κ2) is 7.23. The normalized spacial score (nSPS) is 16.9. The van der Waals surface area contributed by atoms with E-state index in [1.54, 1.807) is 0 Å². The number of aromatic nitrogens is 5. The molecule has 0 amide bonds. The molecule has 1 fully saturated rings. The molecule has 9 heteroatoms. The van der Waals surface area contributed by atoms with Gasteiger partial charge in [0.25, 0.3) is 0 Å². The number of hydrogen-bond acceptors (Lipinski definition) is 7. The van der Waals surface area contributed by atoms with E-state index >= 15 is 0 Å². The highest BCUT2D eigenvalue weighted by molar-refractivity contribution is 7.99. The molecule has 0 spiro atoms. The van der Waals surface area contributed by atoms with E-state index in [0.717, 1.165) is 51.4 Å². The Morgan fingerprint density at radius 1 is 1.36 bits per heavy atom. The second-order valence-electron chi connectivity index (χ2n) is 7.03. The van der Waals surface area contributed by atoms with Gasteiger partial charge in [0, 0.05) is 48.4 Å². The van der Waals surface area contributed by atoms with Gasteiger partial charge in [0.15, 0.2) is 5.65 Å². The van der Waals surface area contributed by atoms with Crippen LogP contribution < -0.4 is 10.6 Å². The van der Waals surface area contributed by atoms with Crippen LogP contribution in [-0.4, -0.2) is 41.9 Å². The maximum absolute atomic E-state index is 4.97. The molecule has 28 heavy (non-hydrogen) atoms. The molecule has 4 aromatic heterocycles. The van der Waals surface area contributed by atoms with Crippen molar-refractivity contribution in [1.29, 1.82) is 0 Å². The molecule has 4 aromatic rings. The fraction of sp³-hybridized carbons (Fsp3) is 0.316. The summed E-state index contributed by atoms with van der Waals surface area (Å²) in [5, 5.41) is 14.1. The van der Waals surface area contributed by atoms with Crippen LogP contribution in [0.3, 0.4) is 0 Å². The van der Waals surface area contributed by atoms with Crippen LogP contribution in [0.15, 0.2) is 41.8 Å². The first-order valence-corrected chi connectivity index (χ1v) is 10.9. The van der Waals surface area contributed by atoms with Crippen molar-refractivity contribution in [3.05, 3.63) is 42.5 Å². The number of anilines is 2. The van der Waals surface area contributed by atoms with Crippen molar-refractivity contribution in [1.82, 2.24) is 28.9 Å². The minimum absolute atomic E-state index is 0.552. The summed E-state index contributed by atoms with van der Waals surface area (Å²) in [5.74, 6) is 0.907. The van der Waals surface area contributed by atoms with Crippen LogP contribution in [0.1, 0.15) is 12.1 Å². The van der Waals surface area contributed by atoms with Crippen molar-refractivity contribution in [2.75, 3.05) is 18.4 Å². The molecule has 1 unspecified atom stereocenters. The predicted octanol–water partition coefficient (Wildman–Crippen LogP) is 3.70. The second-order valence-corrected chi connectivity index (χ2v) is 9.15. The van der Waals surface area contributed by atoms with E-state index in [9.17, 15) is 0 Å². The summed E-state index contributed by atoms with van der Waals surface area (Å²) in [5.41, 5.74) is 4.03. The SMILES string of the molecule is Cc1cc(Nc2cc(SC3CCNC3)nc3c(-c4ccn(C)c4)cnn23)sn1. The Labute approximate surface area is 171 Å². The Kier molecular flexibility index (Phi) is 4.58. The average Bonchev–Trinajstić information content (AvgIpc) is 3.43. The summed E-state index contributed by atoms with van der Waals surface area (Å²) in [4.78, 5) is 4.97. The minimum Gasteiger partial charge on any atom is -0.357 e. The number of fused-ring (bicyclic) bond motifs is 1. The number of nitrogens with one attached hydrogen (secondary N) is 2. The lowest BCUT2D eigenvalue weighted by Crippen LogP contribution is -2.10. The third kappa shape index (κ3) is 3.41. The van der Waals surface area contributed by atoms with Crippen LogP contribution in [0.25, 0.3) is 16.8 Å². The Bertz CT molecular complexity index is 1120. The molecular formula is C19H21N7S2. The molecule has 0 aromatic carbocycles. The highest BCUT2D eigenvalue weighted by Gasteiger charge is 2.19. The number of rotatable bonds is 5. The predicted molar refractivity (Wildman–Crippen MR) is 115 cm³/mol. The molecule has 5 heterocycles. The fourth-order valence-corrected chi connectivity index (χ4v) is 5.17. The van der Waals surface area contributed by atoms with Crippen LogP contribution in [0.2, 0.25) is 0 Å².